The van der Waals surface area contributed by atoms with E-state index >= 15 is 0 Å². The number of sulfone groups is 1. The van der Waals surface area contributed by atoms with Gasteiger partial charge in [-0.15, -0.1) is 0 Å². The standard InChI is InChI=1S/C22H21NO4S2/c1-16-10-12-18(13-11-16)28(24)23-15-17(2)22(21(23)20-9-6-14-27-20)29(25,26)19-7-4-3-5-8-19/h3-14,21H,15H2,1-2H3/t21-,28+/m1/s1. The number of hydrogen-bond donors (Lipinski definition) is 0. The number of benzene rings is 2. The van der Waals surface area contributed by atoms with Crippen LogP contribution in [0.5, 0.6) is 0 Å². The molecule has 0 aliphatic carbocycles. The highest BCUT2D eigenvalue weighted by Gasteiger charge is 2.44. The zero-order valence-corrected chi connectivity index (χ0v) is 17.7. The zero-order chi connectivity index (χ0) is 20.6. The number of rotatable bonds is 5. The van der Waals surface area contributed by atoms with Gasteiger partial charge >= 0.3 is 0 Å². The molecule has 2 atom stereocenters. The first-order valence-corrected chi connectivity index (χ1v) is 11.8. The Morgan fingerprint density at radius 1 is 0.966 bits per heavy atom. The van der Waals surface area contributed by atoms with Gasteiger partial charge in [0.05, 0.1) is 21.0 Å². The lowest BCUT2D eigenvalue weighted by Crippen LogP contribution is -2.29. The molecule has 5 nitrogen and oxygen atoms in total. The lowest BCUT2D eigenvalue weighted by atomic mass is 10.2. The van der Waals surface area contributed by atoms with Crippen molar-refractivity contribution in [3.63, 3.8) is 0 Å². The van der Waals surface area contributed by atoms with E-state index in [0.29, 0.717) is 16.2 Å². The van der Waals surface area contributed by atoms with Crippen molar-refractivity contribution in [2.45, 2.75) is 29.7 Å². The monoisotopic (exact) mass is 427 g/mol. The molecule has 1 aliphatic heterocycles. The van der Waals surface area contributed by atoms with Crippen molar-refractivity contribution in [3.05, 3.63) is 94.8 Å². The molecule has 0 radical (unpaired) electrons. The van der Waals surface area contributed by atoms with Gasteiger partial charge in [0.25, 0.3) is 0 Å². The van der Waals surface area contributed by atoms with Crippen LogP contribution in [0.3, 0.4) is 0 Å². The number of hydrogen-bond acceptors (Lipinski definition) is 4. The molecule has 0 bridgehead atoms. The molecular formula is C22H21NO4S2. The molecule has 1 aromatic heterocycles. The third kappa shape index (κ3) is 3.61. The first-order valence-electron chi connectivity index (χ1n) is 9.18. The molecule has 0 saturated heterocycles. The van der Waals surface area contributed by atoms with Crippen LogP contribution in [0.4, 0.5) is 0 Å². The lowest BCUT2D eigenvalue weighted by molar-refractivity contribution is 0.374. The molecule has 7 heteroatoms. The van der Waals surface area contributed by atoms with Gasteiger partial charge in [-0.3, -0.25) is 0 Å². The minimum absolute atomic E-state index is 0.217. The number of nitrogens with zero attached hydrogens (tertiary/aromatic N) is 1. The van der Waals surface area contributed by atoms with Crippen LogP contribution in [0.2, 0.25) is 0 Å². The third-order valence-corrected chi connectivity index (χ3v) is 8.43. The molecule has 0 unspecified atom stereocenters. The second-order valence-electron chi connectivity index (χ2n) is 7.02. The van der Waals surface area contributed by atoms with Gasteiger partial charge in [-0.1, -0.05) is 35.9 Å². The average Bonchev–Trinajstić information content (AvgIpc) is 3.36. The third-order valence-electron chi connectivity index (χ3n) is 4.94. The van der Waals surface area contributed by atoms with E-state index in [4.69, 9.17) is 4.42 Å². The Morgan fingerprint density at radius 2 is 1.66 bits per heavy atom. The molecule has 1 aliphatic rings. The molecule has 2 aromatic carbocycles. The summed E-state index contributed by atoms with van der Waals surface area (Å²) < 4.78 is 47.6. The molecule has 3 aromatic rings. The Kier molecular flexibility index (Phi) is 5.29. The fourth-order valence-electron chi connectivity index (χ4n) is 3.53. The van der Waals surface area contributed by atoms with E-state index in [1.807, 2.05) is 31.2 Å². The van der Waals surface area contributed by atoms with E-state index in [9.17, 15) is 12.6 Å². The summed E-state index contributed by atoms with van der Waals surface area (Å²) in [7, 11) is -5.32. The van der Waals surface area contributed by atoms with Gasteiger partial charge in [0, 0.05) is 6.54 Å². The fourth-order valence-corrected chi connectivity index (χ4v) is 6.78. The Hall–Kier alpha value is -2.48. The predicted octanol–water partition coefficient (Wildman–Crippen LogP) is 4.42. The molecule has 4 rings (SSSR count). The van der Waals surface area contributed by atoms with Crippen molar-refractivity contribution in [1.29, 1.82) is 0 Å². The van der Waals surface area contributed by atoms with Crippen molar-refractivity contribution in [2.24, 2.45) is 0 Å². The molecule has 0 fully saturated rings. The molecule has 2 heterocycles. The highest BCUT2D eigenvalue weighted by atomic mass is 32.2. The summed E-state index contributed by atoms with van der Waals surface area (Å²) in [4.78, 5) is 1.08. The molecule has 150 valence electrons. The fraction of sp³-hybridized carbons (Fsp3) is 0.182. The van der Waals surface area contributed by atoms with E-state index in [1.54, 1.807) is 53.7 Å². The topological polar surface area (TPSA) is 67.6 Å². The first kappa shape index (κ1) is 19.8. The molecule has 0 spiro atoms. The minimum Gasteiger partial charge on any atom is -0.467 e. The van der Waals surface area contributed by atoms with Gasteiger partial charge in [-0.25, -0.2) is 16.9 Å². The Balaban J connectivity index is 1.81. The van der Waals surface area contributed by atoms with Crippen molar-refractivity contribution < 1.29 is 17.0 Å². The number of furan rings is 1. The Bertz CT molecular complexity index is 1170. The smallest absolute Gasteiger partial charge is 0.204 e. The average molecular weight is 428 g/mol. The maximum absolute atomic E-state index is 13.5. The van der Waals surface area contributed by atoms with Gasteiger partial charge in [0.15, 0.2) is 0 Å². The van der Waals surface area contributed by atoms with E-state index in [-0.39, 0.29) is 16.3 Å². The van der Waals surface area contributed by atoms with E-state index in [0.717, 1.165) is 5.56 Å². The van der Waals surface area contributed by atoms with E-state index < -0.39 is 26.9 Å². The van der Waals surface area contributed by atoms with E-state index in [2.05, 4.69) is 0 Å². The van der Waals surface area contributed by atoms with Crippen LogP contribution >= 0.6 is 0 Å². The normalized spacial score (nSPS) is 18.9. The summed E-state index contributed by atoms with van der Waals surface area (Å²) in [5.74, 6) is 0.455. The van der Waals surface area contributed by atoms with Crippen molar-refractivity contribution in [1.82, 2.24) is 4.31 Å². The highest BCUT2D eigenvalue weighted by Crippen LogP contribution is 2.44. The quantitative estimate of drug-likeness (QED) is 0.605. The molecular weight excluding hydrogens is 406 g/mol. The van der Waals surface area contributed by atoms with Gasteiger partial charge < -0.3 is 4.42 Å². The van der Waals surface area contributed by atoms with Crippen molar-refractivity contribution in [3.8, 4) is 0 Å². The summed E-state index contributed by atoms with van der Waals surface area (Å²) >= 11 is 0. The summed E-state index contributed by atoms with van der Waals surface area (Å²) in [5, 5.41) is 0. The Labute approximate surface area is 173 Å². The van der Waals surface area contributed by atoms with Gasteiger partial charge in [0.1, 0.15) is 22.8 Å². The van der Waals surface area contributed by atoms with Crippen LogP contribution in [0, 0.1) is 6.92 Å². The van der Waals surface area contributed by atoms with Crippen LogP contribution in [-0.4, -0.2) is 23.5 Å². The maximum atomic E-state index is 13.5. The molecule has 0 N–H and O–H groups in total. The summed E-state index contributed by atoms with van der Waals surface area (Å²) in [6.45, 7) is 4.01. The van der Waals surface area contributed by atoms with Crippen molar-refractivity contribution in [2.75, 3.05) is 6.54 Å². The highest BCUT2D eigenvalue weighted by molar-refractivity contribution is 7.95. The molecule has 0 saturated carbocycles. The number of aryl methyl sites for hydroxylation is 1. The Morgan fingerprint density at radius 3 is 2.28 bits per heavy atom. The maximum Gasteiger partial charge on any atom is 0.204 e. The van der Waals surface area contributed by atoms with E-state index in [1.165, 1.54) is 6.26 Å². The van der Waals surface area contributed by atoms with Crippen LogP contribution in [0.15, 0.2) is 97.7 Å². The molecule has 29 heavy (non-hydrogen) atoms. The van der Waals surface area contributed by atoms with Crippen LogP contribution in [-0.2, 0) is 20.8 Å². The molecule has 0 amide bonds. The largest absolute Gasteiger partial charge is 0.467 e. The minimum atomic E-state index is -3.77. The summed E-state index contributed by atoms with van der Waals surface area (Å²) in [6, 6.07) is 18.4. The van der Waals surface area contributed by atoms with Crippen molar-refractivity contribution >= 4 is 20.8 Å². The second kappa shape index (κ2) is 7.74. The van der Waals surface area contributed by atoms with Crippen LogP contribution < -0.4 is 0 Å². The second-order valence-corrected chi connectivity index (χ2v) is 10.4. The van der Waals surface area contributed by atoms with Crippen LogP contribution in [0.1, 0.15) is 24.3 Å². The van der Waals surface area contributed by atoms with Gasteiger partial charge in [-0.2, -0.15) is 0 Å². The van der Waals surface area contributed by atoms with Gasteiger partial charge in [0.2, 0.25) is 9.84 Å². The van der Waals surface area contributed by atoms with Crippen LogP contribution in [0.25, 0.3) is 0 Å². The lowest BCUT2D eigenvalue weighted by Gasteiger charge is -2.24. The summed E-state index contributed by atoms with van der Waals surface area (Å²) in [5.41, 5.74) is 1.73. The van der Waals surface area contributed by atoms with Gasteiger partial charge in [-0.05, 0) is 55.8 Å². The predicted molar refractivity (Wildman–Crippen MR) is 112 cm³/mol. The zero-order valence-electron chi connectivity index (χ0n) is 16.1. The summed E-state index contributed by atoms with van der Waals surface area (Å²) in [6.07, 6.45) is 1.50. The SMILES string of the molecule is CC1=C(S(=O)(=O)c2ccccc2)[C@@H](c2ccco2)N([S@@](=O)c2ccc(C)cc2)C1. The first-order chi connectivity index (χ1) is 13.9.